The van der Waals surface area contributed by atoms with Gasteiger partial charge in [0, 0.05) is 6.04 Å². The molecule has 4 saturated carbocycles. The fourth-order valence-electron chi connectivity index (χ4n) is 10.2. The molecule has 4 aliphatic rings. The molecule has 1 nitrogen and oxygen atoms in total. The maximum absolute atomic E-state index is 3.62. The Labute approximate surface area is 195 Å². The van der Waals surface area contributed by atoms with E-state index in [-0.39, 0.29) is 0 Å². The van der Waals surface area contributed by atoms with Crippen molar-refractivity contribution in [3.63, 3.8) is 0 Å². The molecule has 0 saturated heterocycles. The van der Waals surface area contributed by atoms with Crippen molar-refractivity contribution in [3.8, 4) is 0 Å². The number of hydrogen-bond donors (Lipinski definition) is 1. The van der Waals surface area contributed by atoms with E-state index >= 15 is 0 Å². The Balaban J connectivity index is 1.44. The van der Waals surface area contributed by atoms with E-state index < -0.39 is 0 Å². The van der Waals surface area contributed by atoms with Crippen molar-refractivity contribution < 1.29 is 0 Å². The third-order valence-corrected chi connectivity index (χ3v) is 12.3. The molecular formula is C30H55N. The second kappa shape index (κ2) is 9.31. The highest BCUT2D eigenvalue weighted by atomic mass is 14.9. The van der Waals surface area contributed by atoms with Crippen molar-refractivity contribution in [2.24, 2.45) is 58.2 Å². The number of nitrogens with one attached hydrogen (secondary N) is 1. The third kappa shape index (κ3) is 4.17. The maximum atomic E-state index is 3.62. The van der Waals surface area contributed by atoms with Gasteiger partial charge in [0.25, 0.3) is 0 Å². The second-order valence-electron chi connectivity index (χ2n) is 13.6. The summed E-state index contributed by atoms with van der Waals surface area (Å²) in [6.45, 7) is 15.4. The second-order valence-corrected chi connectivity index (χ2v) is 13.6. The largest absolute Gasteiger partial charge is 0.317 e. The Morgan fingerprint density at radius 2 is 1.55 bits per heavy atom. The zero-order valence-corrected chi connectivity index (χ0v) is 22.2. The van der Waals surface area contributed by atoms with Gasteiger partial charge in [-0.1, -0.05) is 54.4 Å². The van der Waals surface area contributed by atoms with Crippen LogP contribution in [0.1, 0.15) is 119 Å². The zero-order valence-electron chi connectivity index (χ0n) is 22.2. The minimum absolute atomic E-state index is 0.644. The molecule has 0 aliphatic heterocycles. The van der Waals surface area contributed by atoms with Gasteiger partial charge in [0.15, 0.2) is 0 Å². The fraction of sp³-hybridized carbons (Fsp3) is 1.00. The lowest BCUT2D eigenvalue weighted by Gasteiger charge is -2.61. The number of hydrogen-bond acceptors (Lipinski definition) is 1. The first kappa shape index (κ1) is 24.1. The summed E-state index contributed by atoms with van der Waals surface area (Å²) >= 11 is 0. The molecule has 1 N–H and O–H groups in total. The SMILES string of the molecule is CC[C@H](CCC(C)[C@H]1CCC2C3CCC4C[C@@H](NC)CC[C@]4(C)C3CC[C@@]21C)C(C)C. The quantitative estimate of drug-likeness (QED) is 0.429. The maximum Gasteiger partial charge on any atom is 0.00671 e. The van der Waals surface area contributed by atoms with Crippen LogP contribution >= 0.6 is 0 Å². The molecule has 0 amide bonds. The first-order chi connectivity index (χ1) is 14.7. The van der Waals surface area contributed by atoms with Crippen molar-refractivity contribution in [1.29, 1.82) is 0 Å². The molecule has 1 heteroatoms. The van der Waals surface area contributed by atoms with Crippen LogP contribution in [-0.2, 0) is 0 Å². The molecule has 0 aromatic rings. The predicted molar refractivity (Wildman–Crippen MR) is 135 cm³/mol. The molecule has 0 bridgehead atoms. The Kier molecular flexibility index (Phi) is 7.23. The minimum atomic E-state index is 0.644. The van der Waals surface area contributed by atoms with Gasteiger partial charge in [0.05, 0.1) is 0 Å². The molecule has 0 aromatic heterocycles. The lowest BCUT2D eigenvalue weighted by atomic mass is 9.44. The molecule has 180 valence electrons. The minimum Gasteiger partial charge on any atom is -0.317 e. The molecule has 4 rings (SSSR count). The van der Waals surface area contributed by atoms with Crippen LogP contribution < -0.4 is 5.32 Å². The third-order valence-electron chi connectivity index (χ3n) is 12.3. The molecule has 4 fully saturated rings. The van der Waals surface area contributed by atoms with Gasteiger partial charge in [-0.3, -0.25) is 0 Å². The topological polar surface area (TPSA) is 12.0 Å². The summed E-state index contributed by atoms with van der Waals surface area (Å²) in [6, 6.07) is 0.790. The van der Waals surface area contributed by atoms with Crippen LogP contribution in [-0.4, -0.2) is 13.1 Å². The van der Waals surface area contributed by atoms with Gasteiger partial charge in [-0.25, -0.2) is 0 Å². The standard InChI is InChI=1S/C30H55N/c1-8-22(20(2)3)10-9-21(4)26-13-14-27-25-12-11-23-19-24(31-7)15-17-29(23,5)28(25)16-18-30(26,27)6/h20-28,31H,8-19H2,1-7H3/t21?,22-,23?,24+,25?,26-,27?,28?,29+,30-/m1/s1. The van der Waals surface area contributed by atoms with E-state index in [9.17, 15) is 0 Å². The van der Waals surface area contributed by atoms with E-state index in [0.717, 1.165) is 53.4 Å². The molecular weight excluding hydrogens is 374 g/mol. The number of rotatable bonds is 7. The van der Waals surface area contributed by atoms with E-state index in [1.807, 2.05) is 0 Å². The highest BCUT2D eigenvalue weighted by Gasteiger charge is 2.60. The monoisotopic (exact) mass is 429 g/mol. The Morgan fingerprint density at radius 1 is 0.839 bits per heavy atom. The van der Waals surface area contributed by atoms with E-state index in [1.54, 1.807) is 19.3 Å². The van der Waals surface area contributed by atoms with Gasteiger partial charge >= 0.3 is 0 Å². The van der Waals surface area contributed by atoms with Gasteiger partial charge in [-0.05, 0) is 129 Å². The smallest absolute Gasteiger partial charge is 0.00671 e. The van der Waals surface area contributed by atoms with Crippen LogP contribution in [0, 0.1) is 58.2 Å². The van der Waals surface area contributed by atoms with Crippen molar-refractivity contribution in [2.75, 3.05) is 7.05 Å². The van der Waals surface area contributed by atoms with Crippen molar-refractivity contribution in [3.05, 3.63) is 0 Å². The van der Waals surface area contributed by atoms with E-state index in [0.29, 0.717) is 10.8 Å². The van der Waals surface area contributed by atoms with Crippen LogP contribution in [0.4, 0.5) is 0 Å². The average molecular weight is 430 g/mol. The molecule has 10 atom stereocenters. The molecule has 4 aliphatic carbocycles. The number of fused-ring (bicyclic) bond motifs is 5. The molecule has 0 radical (unpaired) electrons. The summed E-state index contributed by atoms with van der Waals surface area (Å²) in [6.07, 6.45) is 17.9. The first-order valence-corrected chi connectivity index (χ1v) is 14.4. The van der Waals surface area contributed by atoms with Gasteiger partial charge in [0.2, 0.25) is 0 Å². The summed E-state index contributed by atoms with van der Waals surface area (Å²) in [5.41, 5.74) is 1.29. The normalized spacial score (nSPS) is 46.8. The molecule has 0 spiro atoms. The summed E-state index contributed by atoms with van der Waals surface area (Å²) in [4.78, 5) is 0. The van der Waals surface area contributed by atoms with Crippen molar-refractivity contribution in [2.45, 2.75) is 125 Å². The fourth-order valence-corrected chi connectivity index (χ4v) is 10.2. The van der Waals surface area contributed by atoms with Crippen molar-refractivity contribution >= 4 is 0 Å². The summed E-state index contributed by atoms with van der Waals surface area (Å²) in [5.74, 6) is 7.81. The average Bonchev–Trinajstić information content (AvgIpc) is 3.10. The zero-order chi connectivity index (χ0) is 22.4. The highest BCUT2D eigenvalue weighted by Crippen LogP contribution is 2.68. The summed E-state index contributed by atoms with van der Waals surface area (Å²) in [5, 5.41) is 3.62. The molecule has 5 unspecified atom stereocenters. The Hall–Kier alpha value is -0.0400. The molecule has 0 aromatic carbocycles. The van der Waals surface area contributed by atoms with Crippen LogP contribution in [0.25, 0.3) is 0 Å². The van der Waals surface area contributed by atoms with E-state index in [1.165, 1.54) is 57.8 Å². The van der Waals surface area contributed by atoms with Crippen LogP contribution in [0.5, 0.6) is 0 Å². The molecule has 0 heterocycles. The molecule has 31 heavy (non-hydrogen) atoms. The highest BCUT2D eigenvalue weighted by molar-refractivity contribution is 5.10. The van der Waals surface area contributed by atoms with E-state index in [4.69, 9.17) is 0 Å². The van der Waals surface area contributed by atoms with Crippen molar-refractivity contribution in [1.82, 2.24) is 5.32 Å². The first-order valence-electron chi connectivity index (χ1n) is 14.4. The van der Waals surface area contributed by atoms with Gasteiger partial charge in [-0.2, -0.15) is 0 Å². The van der Waals surface area contributed by atoms with Crippen LogP contribution in [0.15, 0.2) is 0 Å². The van der Waals surface area contributed by atoms with Crippen LogP contribution in [0.3, 0.4) is 0 Å². The van der Waals surface area contributed by atoms with Crippen LogP contribution in [0.2, 0.25) is 0 Å². The summed E-state index contributed by atoms with van der Waals surface area (Å²) < 4.78 is 0. The summed E-state index contributed by atoms with van der Waals surface area (Å²) in [7, 11) is 2.19. The van der Waals surface area contributed by atoms with Gasteiger partial charge in [0.1, 0.15) is 0 Å². The Morgan fingerprint density at radius 3 is 2.23 bits per heavy atom. The van der Waals surface area contributed by atoms with Gasteiger partial charge < -0.3 is 5.32 Å². The van der Waals surface area contributed by atoms with E-state index in [2.05, 4.69) is 53.9 Å². The van der Waals surface area contributed by atoms with Gasteiger partial charge in [-0.15, -0.1) is 0 Å². The lowest BCUT2D eigenvalue weighted by Crippen LogP contribution is -2.55. The lowest BCUT2D eigenvalue weighted by molar-refractivity contribution is -0.117. The predicted octanol–water partition coefficient (Wildman–Crippen LogP) is 8.33. The Bertz CT molecular complexity index is 597.